The first-order valence-corrected chi connectivity index (χ1v) is 13.6. The lowest BCUT2D eigenvalue weighted by Crippen LogP contribution is -2.41. The summed E-state index contributed by atoms with van der Waals surface area (Å²) in [6, 6.07) is 14.0. The second-order valence-corrected chi connectivity index (χ2v) is 11.5. The molecule has 1 aliphatic heterocycles. The first-order chi connectivity index (χ1) is 18.4. The van der Waals surface area contributed by atoms with Crippen molar-refractivity contribution in [1.29, 1.82) is 0 Å². The van der Waals surface area contributed by atoms with E-state index in [1.807, 2.05) is 49.4 Å². The quantitative estimate of drug-likeness (QED) is 0.241. The molecule has 0 amide bonds. The highest BCUT2D eigenvalue weighted by Crippen LogP contribution is 2.36. The van der Waals surface area contributed by atoms with Crippen LogP contribution in [0.5, 0.6) is 5.75 Å². The number of aromatic nitrogens is 1. The fourth-order valence-electron chi connectivity index (χ4n) is 4.52. The van der Waals surface area contributed by atoms with Gasteiger partial charge in [-0.2, -0.15) is 0 Å². The van der Waals surface area contributed by atoms with Crippen molar-refractivity contribution >= 4 is 18.6 Å². The maximum absolute atomic E-state index is 11.4. The van der Waals surface area contributed by atoms with Crippen LogP contribution in [-0.2, 0) is 31.7 Å². The fraction of sp³-hybridized carbons (Fsp3) is 0.484. The zero-order valence-electron chi connectivity index (χ0n) is 24.4. The van der Waals surface area contributed by atoms with Gasteiger partial charge in [0.2, 0.25) is 5.89 Å². The lowest BCUT2D eigenvalue weighted by molar-refractivity contribution is -0.140. The molecule has 39 heavy (non-hydrogen) atoms. The van der Waals surface area contributed by atoms with Crippen molar-refractivity contribution in [3.05, 3.63) is 65.0 Å². The van der Waals surface area contributed by atoms with Gasteiger partial charge in [-0.3, -0.25) is 4.79 Å². The summed E-state index contributed by atoms with van der Waals surface area (Å²) in [5.74, 6) is 2.24. The summed E-state index contributed by atoms with van der Waals surface area (Å²) >= 11 is 0. The normalized spacial score (nSPS) is 16.1. The van der Waals surface area contributed by atoms with Crippen LogP contribution in [0.2, 0.25) is 0 Å². The Kier molecular flexibility index (Phi) is 8.57. The molecule has 0 aliphatic carbocycles. The molecule has 1 aromatic heterocycles. The van der Waals surface area contributed by atoms with Crippen molar-refractivity contribution in [3.8, 4) is 17.2 Å². The van der Waals surface area contributed by atoms with Gasteiger partial charge in [0.15, 0.2) is 0 Å². The minimum absolute atomic E-state index is 0.206. The van der Waals surface area contributed by atoms with Gasteiger partial charge in [0, 0.05) is 18.4 Å². The predicted octanol–water partition coefficient (Wildman–Crippen LogP) is 5.80. The molecule has 1 fully saturated rings. The summed E-state index contributed by atoms with van der Waals surface area (Å²) in [6.45, 7) is 14.9. The molecule has 0 saturated carbocycles. The van der Waals surface area contributed by atoms with Gasteiger partial charge in [0.05, 0.1) is 30.6 Å². The molecule has 2 aromatic carbocycles. The number of hydrogen-bond acceptors (Lipinski definition) is 7. The Morgan fingerprint density at radius 3 is 2.26 bits per heavy atom. The average molecular weight is 533 g/mol. The number of hydrogen-bond donors (Lipinski definition) is 0. The Balaban J connectivity index is 1.40. The maximum Gasteiger partial charge on any atom is 0.494 e. The monoisotopic (exact) mass is 533 g/mol. The SMILES string of the molecule is COC(=O)CCc1ccc(OCCc2oc(-c3ccc(B4OC(C)(C)C(C)(C)O4)cc3)nc2C(C)C)cc1C. The fourth-order valence-corrected chi connectivity index (χ4v) is 4.52. The molecule has 2 heterocycles. The lowest BCUT2D eigenvalue weighted by atomic mass is 9.79. The molecule has 4 rings (SSSR count). The number of benzene rings is 2. The molecule has 0 bridgehead atoms. The zero-order chi connectivity index (χ0) is 28.4. The van der Waals surface area contributed by atoms with Gasteiger partial charge < -0.3 is 23.2 Å². The molecule has 0 radical (unpaired) electrons. The molecule has 7 nitrogen and oxygen atoms in total. The largest absolute Gasteiger partial charge is 0.494 e. The second kappa shape index (κ2) is 11.6. The number of ether oxygens (including phenoxy) is 2. The summed E-state index contributed by atoms with van der Waals surface area (Å²) in [5.41, 5.74) is 4.25. The maximum atomic E-state index is 11.4. The molecule has 0 spiro atoms. The number of aryl methyl sites for hydroxylation is 2. The third-order valence-corrected chi connectivity index (χ3v) is 7.70. The Bertz CT molecular complexity index is 1280. The van der Waals surface area contributed by atoms with Crippen LogP contribution in [0.25, 0.3) is 11.5 Å². The van der Waals surface area contributed by atoms with Gasteiger partial charge >= 0.3 is 13.1 Å². The summed E-state index contributed by atoms with van der Waals surface area (Å²) in [7, 11) is 1.01. The molecule has 0 atom stereocenters. The first kappa shape index (κ1) is 28.9. The molecule has 3 aromatic rings. The Morgan fingerprint density at radius 1 is 1.00 bits per heavy atom. The highest BCUT2D eigenvalue weighted by atomic mass is 16.7. The smallest absolute Gasteiger partial charge is 0.493 e. The third-order valence-electron chi connectivity index (χ3n) is 7.70. The molecule has 0 unspecified atom stereocenters. The van der Waals surface area contributed by atoms with Crippen LogP contribution >= 0.6 is 0 Å². The Labute approximate surface area is 232 Å². The van der Waals surface area contributed by atoms with E-state index in [0.29, 0.717) is 31.8 Å². The Hall–Kier alpha value is -3.10. The Morgan fingerprint density at radius 2 is 1.67 bits per heavy atom. The molecular formula is C31H40BNO6. The van der Waals surface area contributed by atoms with Crippen molar-refractivity contribution in [3.63, 3.8) is 0 Å². The highest BCUT2D eigenvalue weighted by Gasteiger charge is 2.51. The van der Waals surface area contributed by atoms with E-state index >= 15 is 0 Å². The number of esters is 1. The third kappa shape index (κ3) is 6.56. The summed E-state index contributed by atoms with van der Waals surface area (Å²) < 4.78 is 29.4. The standard InChI is InChI=1S/C31H40BNO6/c1-20(2)28-26(17-18-36-25-15-11-22(21(3)19-25)12-16-27(34)35-8)37-29(33-28)23-9-13-24(14-10-23)32-38-30(4,5)31(6,7)39-32/h9-11,13-15,19-20H,12,16-18H2,1-8H3. The molecule has 1 aliphatic rings. The van der Waals surface area contributed by atoms with Crippen molar-refractivity contribution in [2.45, 2.75) is 84.8 Å². The van der Waals surface area contributed by atoms with Gasteiger partial charge in [-0.15, -0.1) is 0 Å². The van der Waals surface area contributed by atoms with Gasteiger partial charge in [0.1, 0.15) is 11.5 Å². The average Bonchev–Trinajstić information content (AvgIpc) is 3.41. The number of carbonyl (C=O) groups excluding carboxylic acids is 1. The van der Waals surface area contributed by atoms with Crippen LogP contribution in [0, 0.1) is 6.92 Å². The van der Waals surface area contributed by atoms with Crippen LogP contribution < -0.4 is 10.2 Å². The number of methoxy groups -OCH3 is 1. The molecule has 1 saturated heterocycles. The van der Waals surface area contributed by atoms with Crippen LogP contribution in [0.3, 0.4) is 0 Å². The van der Waals surface area contributed by atoms with Crippen molar-refractivity contribution in [1.82, 2.24) is 4.98 Å². The van der Waals surface area contributed by atoms with Crippen molar-refractivity contribution in [2.75, 3.05) is 13.7 Å². The summed E-state index contributed by atoms with van der Waals surface area (Å²) in [4.78, 5) is 16.3. The van der Waals surface area contributed by atoms with Crippen LogP contribution in [-0.4, -0.2) is 43.0 Å². The molecular weight excluding hydrogens is 493 g/mol. The topological polar surface area (TPSA) is 80.0 Å². The number of oxazole rings is 1. The summed E-state index contributed by atoms with van der Waals surface area (Å²) in [6.07, 6.45) is 1.62. The van der Waals surface area contributed by atoms with E-state index in [1.54, 1.807) is 0 Å². The zero-order valence-corrected chi connectivity index (χ0v) is 24.4. The van der Waals surface area contributed by atoms with Gasteiger partial charge in [-0.05, 0) is 87.8 Å². The minimum Gasteiger partial charge on any atom is -0.493 e. The first-order valence-electron chi connectivity index (χ1n) is 13.6. The highest BCUT2D eigenvalue weighted by molar-refractivity contribution is 6.62. The van der Waals surface area contributed by atoms with Crippen LogP contribution in [0.1, 0.15) is 76.5 Å². The molecule has 8 heteroatoms. The van der Waals surface area contributed by atoms with E-state index in [4.69, 9.17) is 28.2 Å². The van der Waals surface area contributed by atoms with Gasteiger partial charge in [0.25, 0.3) is 0 Å². The van der Waals surface area contributed by atoms with Gasteiger partial charge in [-0.1, -0.05) is 32.0 Å². The van der Waals surface area contributed by atoms with Gasteiger partial charge in [-0.25, -0.2) is 4.98 Å². The van der Waals surface area contributed by atoms with E-state index < -0.39 is 7.12 Å². The van der Waals surface area contributed by atoms with E-state index in [0.717, 1.165) is 39.4 Å². The van der Waals surface area contributed by atoms with E-state index in [-0.39, 0.29) is 23.1 Å². The number of rotatable bonds is 10. The molecule has 0 N–H and O–H groups in total. The van der Waals surface area contributed by atoms with Crippen molar-refractivity contribution < 1.29 is 28.0 Å². The minimum atomic E-state index is -0.405. The number of nitrogens with zero attached hydrogens (tertiary/aromatic N) is 1. The van der Waals surface area contributed by atoms with Crippen LogP contribution in [0.15, 0.2) is 46.9 Å². The van der Waals surface area contributed by atoms with Crippen LogP contribution in [0.4, 0.5) is 0 Å². The van der Waals surface area contributed by atoms with Crippen molar-refractivity contribution in [2.24, 2.45) is 0 Å². The van der Waals surface area contributed by atoms with E-state index in [2.05, 4.69) is 41.5 Å². The van der Waals surface area contributed by atoms with E-state index in [9.17, 15) is 4.79 Å². The summed E-state index contributed by atoms with van der Waals surface area (Å²) in [5, 5.41) is 0. The second-order valence-electron chi connectivity index (χ2n) is 11.5. The predicted molar refractivity (Wildman–Crippen MR) is 152 cm³/mol. The number of carbonyl (C=O) groups is 1. The lowest BCUT2D eigenvalue weighted by Gasteiger charge is -2.32. The van der Waals surface area contributed by atoms with E-state index in [1.165, 1.54) is 7.11 Å². The molecule has 208 valence electrons.